The molecule has 1 N–H and O–H groups in total. The Bertz CT molecular complexity index is 1240. The van der Waals surface area contributed by atoms with Crippen LogP contribution in [0.3, 0.4) is 0 Å². The van der Waals surface area contributed by atoms with Crippen molar-refractivity contribution in [2.45, 2.75) is 92.5 Å². The molecular formula is C41H55NSiZr. The second-order valence-electron chi connectivity index (χ2n) is 14.8. The summed E-state index contributed by atoms with van der Waals surface area (Å²) in [7, 11) is 1.90. The number of rotatable bonds is 1. The first-order valence-corrected chi connectivity index (χ1v) is 16.4. The van der Waals surface area contributed by atoms with Gasteiger partial charge in [-0.25, -0.2) is 5.57 Å². The molecule has 3 aromatic rings. The first-order valence-electron chi connectivity index (χ1n) is 15.7. The SMILES string of the molecule is CC12CC3(C)CC(C)(C1)CC([NH-])(C2)C3.CC1=[C-]C(C)C(C)=C1C.[CH3-].[SiH2]c1ccccc1.[Zr+3].c1ccc(-c2ccccc2)cc1. The van der Waals surface area contributed by atoms with Gasteiger partial charge >= 0.3 is 26.2 Å². The first-order chi connectivity index (χ1) is 19.7. The molecule has 1 nitrogen and oxygen atoms in total. The van der Waals surface area contributed by atoms with Crippen molar-refractivity contribution in [1.29, 1.82) is 0 Å². The summed E-state index contributed by atoms with van der Waals surface area (Å²) in [5.74, 6) is 0.560. The fraction of sp³-hybridized carbons (Fsp3) is 0.439. The third-order valence-electron chi connectivity index (χ3n) is 9.82. The summed E-state index contributed by atoms with van der Waals surface area (Å²) in [5.41, 5.74) is 16.8. The summed E-state index contributed by atoms with van der Waals surface area (Å²) in [6.45, 7) is 16.0. The largest absolute Gasteiger partial charge is 3.00 e. The van der Waals surface area contributed by atoms with Crippen molar-refractivity contribution in [1.82, 2.24) is 0 Å². The molecule has 0 spiro atoms. The number of allylic oxidation sites excluding steroid dienone is 4. The zero-order valence-electron chi connectivity index (χ0n) is 28.7. The Kier molecular flexibility index (Phi) is 13.7. The van der Waals surface area contributed by atoms with Gasteiger partial charge in [-0.1, -0.05) is 163 Å². The Labute approximate surface area is 292 Å². The topological polar surface area (TPSA) is 23.8 Å². The number of nitrogens with one attached hydrogen (secondary N) is 1. The van der Waals surface area contributed by atoms with Gasteiger partial charge in [-0.3, -0.25) is 6.08 Å². The number of hydrogen-bond acceptors (Lipinski definition) is 0. The zero-order chi connectivity index (χ0) is 30.6. The van der Waals surface area contributed by atoms with Crippen molar-refractivity contribution in [3.8, 4) is 11.1 Å². The molecule has 5 aliphatic rings. The van der Waals surface area contributed by atoms with Crippen molar-refractivity contribution in [3.63, 3.8) is 0 Å². The standard InChI is InChI=1S/C13H22N.C12H10.C9H13.C6H7Si.CH3.Zr/c1-10-4-11(2)6-12(3,5-10)9-13(14,7-10)8-11;1-3-7-11(8-4-1)12-9-5-2-6-10-12;1-6-5-7(2)9(4)8(6)3;7-6-4-2-1-3-5-6;;/h14H,4-9H2,1-3H3;1-10H;6H,1-4H3;1-5H,7H2;1H3;/q-1;;-1;;-1;+3. The van der Waals surface area contributed by atoms with Gasteiger partial charge in [0.1, 0.15) is 0 Å². The zero-order valence-corrected chi connectivity index (χ0v) is 32.6. The average molecular weight is 681 g/mol. The van der Waals surface area contributed by atoms with E-state index in [1.54, 1.807) is 0 Å². The molecule has 0 aromatic heterocycles. The van der Waals surface area contributed by atoms with Crippen molar-refractivity contribution in [2.75, 3.05) is 0 Å². The van der Waals surface area contributed by atoms with E-state index in [-0.39, 0.29) is 39.2 Å². The third kappa shape index (κ3) is 10.1. The molecule has 5 aliphatic carbocycles. The fourth-order valence-electron chi connectivity index (χ4n) is 9.19. The molecule has 1 atom stereocenters. The van der Waals surface area contributed by atoms with E-state index >= 15 is 0 Å². The molecule has 1 unspecified atom stereocenters. The van der Waals surface area contributed by atoms with Crippen LogP contribution in [-0.4, -0.2) is 15.8 Å². The maximum atomic E-state index is 8.59. The monoisotopic (exact) mass is 679 g/mol. The van der Waals surface area contributed by atoms with Gasteiger partial charge in [0.25, 0.3) is 0 Å². The molecule has 0 heterocycles. The summed E-state index contributed by atoms with van der Waals surface area (Å²) in [4.78, 5) is 0. The summed E-state index contributed by atoms with van der Waals surface area (Å²) in [6, 6.07) is 31.1. The predicted molar refractivity (Wildman–Crippen MR) is 192 cm³/mol. The molecule has 4 bridgehead atoms. The Hall–Kier alpha value is -1.80. The van der Waals surface area contributed by atoms with Crippen LogP contribution in [0.5, 0.6) is 0 Å². The van der Waals surface area contributed by atoms with Crippen LogP contribution in [0.4, 0.5) is 0 Å². The van der Waals surface area contributed by atoms with E-state index < -0.39 is 0 Å². The molecule has 4 saturated carbocycles. The smallest absolute Gasteiger partial charge is 0.672 e. The molecule has 0 amide bonds. The molecule has 0 aliphatic heterocycles. The quantitative estimate of drug-likeness (QED) is 0.180. The van der Waals surface area contributed by atoms with E-state index in [0.717, 1.165) is 0 Å². The Morgan fingerprint density at radius 2 is 0.977 bits per heavy atom. The van der Waals surface area contributed by atoms with E-state index in [2.05, 4.69) is 115 Å². The Morgan fingerprint density at radius 1 is 0.636 bits per heavy atom. The fourth-order valence-corrected chi connectivity index (χ4v) is 9.46. The van der Waals surface area contributed by atoms with Crippen LogP contribution < -0.4 is 5.19 Å². The van der Waals surface area contributed by atoms with E-state index in [4.69, 9.17) is 5.73 Å². The third-order valence-corrected chi connectivity index (χ3v) is 10.3. The minimum atomic E-state index is -0.0625. The van der Waals surface area contributed by atoms with E-state index in [1.807, 2.05) is 40.6 Å². The van der Waals surface area contributed by atoms with Crippen molar-refractivity contribution in [3.05, 3.63) is 127 Å². The van der Waals surface area contributed by atoms with Crippen LogP contribution in [0.1, 0.15) is 87.0 Å². The van der Waals surface area contributed by atoms with Gasteiger partial charge in [0.2, 0.25) is 0 Å². The van der Waals surface area contributed by atoms with Crippen LogP contribution in [-0.2, 0) is 26.2 Å². The van der Waals surface area contributed by atoms with Crippen LogP contribution in [0.2, 0.25) is 0 Å². The van der Waals surface area contributed by atoms with Gasteiger partial charge in [0.05, 0.1) is 0 Å². The average Bonchev–Trinajstić information content (AvgIpc) is 3.13. The summed E-state index contributed by atoms with van der Waals surface area (Å²) < 4.78 is 0. The molecule has 0 saturated heterocycles. The maximum Gasteiger partial charge on any atom is 3.00 e. The summed E-state index contributed by atoms with van der Waals surface area (Å²) in [6.07, 6.45) is 11.0. The van der Waals surface area contributed by atoms with Crippen molar-refractivity contribution in [2.24, 2.45) is 22.2 Å². The summed E-state index contributed by atoms with van der Waals surface area (Å²) in [5, 5.41) is 1.35. The van der Waals surface area contributed by atoms with Crippen molar-refractivity contribution >= 4 is 15.4 Å². The van der Waals surface area contributed by atoms with Crippen LogP contribution in [0.25, 0.3) is 16.9 Å². The second kappa shape index (κ2) is 15.7. The number of benzene rings is 3. The van der Waals surface area contributed by atoms with Gasteiger partial charge < -0.3 is 13.2 Å². The maximum absolute atomic E-state index is 8.59. The molecule has 3 aromatic carbocycles. The first kappa shape index (κ1) is 38.4. The van der Waals surface area contributed by atoms with E-state index in [1.165, 1.54) is 71.6 Å². The normalized spacial score (nSPS) is 30.6. The molecule has 232 valence electrons. The van der Waals surface area contributed by atoms with Gasteiger partial charge in [-0.05, 0) is 46.6 Å². The number of hydrogen-bond donors (Lipinski definition) is 0. The second-order valence-corrected chi connectivity index (χ2v) is 15.6. The minimum Gasteiger partial charge on any atom is -0.672 e. The van der Waals surface area contributed by atoms with E-state index in [0.29, 0.717) is 22.2 Å². The van der Waals surface area contributed by atoms with Gasteiger partial charge in [-0.15, -0.1) is 12.5 Å². The van der Waals surface area contributed by atoms with Crippen LogP contribution in [0.15, 0.2) is 108 Å². The Morgan fingerprint density at radius 3 is 1.18 bits per heavy atom. The Balaban J connectivity index is 0.000000208. The minimum absolute atomic E-state index is 0. The van der Waals surface area contributed by atoms with Gasteiger partial charge in [0, 0.05) is 10.2 Å². The van der Waals surface area contributed by atoms with Crippen LogP contribution in [0, 0.1) is 35.7 Å². The molecule has 2 radical (unpaired) electrons. The molecular weight excluding hydrogens is 626 g/mol. The summed E-state index contributed by atoms with van der Waals surface area (Å²) >= 11 is 0. The van der Waals surface area contributed by atoms with Crippen molar-refractivity contribution < 1.29 is 26.2 Å². The molecule has 3 heteroatoms. The van der Waals surface area contributed by atoms with Crippen LogP contribution >= 0.6 is 0 Å². The van der Waals surface area contributed by atoms with Gasteiger partial charge in [0.15, 0.2) is 0 Å². The van der Waals surface area contributed by atoms with Gasteiger partial charge in [-0.2, -0.15) is 11.1 Å². The molecule has 8 rings (SSSR count). The predicted octanol–water partition coefficient (Wildman–Crippen LogP) is 10.6. The molecule has 44 heavy (non-hydrogen) atoms. The van der Waals surface area contributed by atoms with E-state index in [9.17, 15) is 0 Å². The molecule has 4 fully saturated rings.